The molecule has 0 aromatic heterocycles. The fourth-order valence-corrected chi connectivity index (χ4v) is 15.1. The van der Waals surface area contributed by atoms with Gasteiger partial charge in [-0.3, -0.25) is 0 Å². The summed E-state index contributed by atoms with van der Waals surface area (Å²) in [4.78, 5) is 8.40. The summed E-state index contributed by atoms with van der Waals surface area (Å²) in [6.07, 6.45) is 1.88. The Labute approximate surface area is 506 Å². The molecule has 0 aliphatic carbocycles. The summed E-state index contributed by atoms with van der Waals surface area (Å²) in [6, 6.07) is 65.3. The van der Waals surface area contributed by atoms with Gasteiger partial charge in [0.25, 0.3) is 0 Å². The Kier molecular flexibility index (Phi) is 23.8. The number of hydrogen-bond acceptors (Lipinski definition) is 9. The topological polar surface area (TPSA) is 172 Å². The van der Waals surface area contributed by atoms with Gasteiger partial charge in [0.05, 0.1) is 21.8 Å². The Morgan fingerprint density at radius 2 is 0.518 bits per heavy atom. The molecule has 0 bridgehead atoms. The highest BCUT2D eigenvalue weighted by molar-refractivity contribution is 7.97. The first-order valence-corrected chi connectivity index (χ1v) is 33.9. The van der Waals surface area contributed by atoms with Gasteiger partial charge in [0, 0.05) is 22.3 Å². The summed E-state index contributed by atoms with van der Waals surface area (Å²) in [6.45, 7) is 17.8. The molecule has 0 unspecified atom stereocenters. The summed E-state index contributed by atoms with van der Waals surface area (Å²) < 4.78 is 180. The number of hydrogen-bond donors (Lipinski definition) is 0. The summed E-state index contributed by atoms with van der Waals surface area (Å²) in [5.74, 6) is 0. The van der Waals surface area contributed by atoms with E-state index >= 15 is 0 Å². The molecule has 0 atom stereocenters. The lowest BCUT2D eigenvalue weighted by atomic mass is 10.1. The molecule has 0 N–H and O–H groups in total. The molecule has 0 aliphatic heterocycles. The highest BCUT2D eigenvalue weighted by Crippen LogP contribution is 2.38. The molecule has 24 heteroatoms. The summed E-state index contributed by atoms with van der Waals surface area (Å²) >= 11 is -0.250. The predicted octanol–water partition coefficient (Wildman–Crippen LogP) is 11.8. The minimum absolute atomic E-state index is 0.158. The Balaban J connectivity index is 0.000000461. The second kappa shape index (κ2) is 28.9. The Hall–Kier alpha value is -5.71. The fraction of sp³-hybridized carbons (Fsp3) is 0.213. The Bertz CT molecular complexity index is 3540. The van der Waals surface area contributed by atoms with Crippen LogP contribution in [0.3, 0.4) is 0 Å². The van der Waals surface area contributed by atoms with Crippen LogP contribution in [0.25, 0.3) is 0 Å². The van der Waals surface area contributed by atoms with Crippen molar-refractivity contribution >= 4 is 52.1 Å². The third kappa shape index (κ3) is 20.4. The van der Waals surface area contributed by atoms with Gasteiger partial charge in [0.2, 0.25) is 0 Å². The molecule has 9 nitrogen and oxygen atoms in total. The summed E-state index contributed by atoms with van der Waals surface area (Å²) in [5.41, 5.74) is -0.820. The molecule has 0 aliphatic rings. The number of rotatable bonds is 12. The summed E-state index contributed by atoms with van der Waals surface area (Å²) in [5, 5.41) is 0. The van der Waals surface area contributed by atoms with Gasteiger partial charge in [0.15, 0.2) is 66.9 Å². The van der Waals surface area contributed by atoms with Crippen LogP contribution in [-0.4, -0.2) is 55.4 Å². The highest BCUT2D eigenvalue weighted by Gasteiger charge is 2.39. The second-order valence-electron chi connectivity index (χ2n) is 19.4. The van der Waals surface area contributed by atoms with E-state index in [2.05, 4.69) is 225 Å². The van der Waals surface area contributed by atoms with Crippen LogP contribution in [0, 0.1) is 62.5 Å². The van der Waals surface area contributed by atoms with E-state index in [1.54, 1.807) is 0 Å². The molecule has 8 aromatic rings. The zero-order chi connectivity index (χ0) is 63.6. The smallest absolute Gasteiger partial charge is 0.485 e. The molecule has 0 radical (unpaired) electrons. The molecule has 0 saturated carbocycles. The standard InChI is InChI=1S/C58H56IS2.3CHF3O3S/c1-39-9-29-55(43(5)33-39)60(56-30-10-40(2)34-44(56)6)53-25-17-49(18-26-53)37-47-13-21-51(22-14-47)59-52-23-15-48(16-24-52)38-50-19-27-54(28-20-50)61(57-31-11-41(3)35-45(57)7)58-32-12-42(4)36-46(58)8;3*2-1(3,4)8(5,6)7/h9-36H,37-38H2,1-8H3;3*(H,5,6,7)/q+3;;;/p-3. The molecule has 85 heavy (non-hydrogen) atoms. The van der Waals surface area contributed by atoms with Crippen molar-refractivity contribution < 1.29 is 99.6 Å². The van der Waals surface area contributed by atoms with E-state index in [9.17, 15) is 39.5 Å². The van der Waals surface area contributed by atoms with Crippen LogP contribution < -0.4 is 21.2 Å². The van der Waals surface area contributed by atoms with Gasteiger partial charge < -0.3 is 13.7 Å². The largest absolute Gasteiger partial charge is 0.741 e. The average molecular weight is 1390 g/mol. The second-order valence-corrected chi connectivity index (χ2v) is 30.4. The van der Waals surface area contributed by atoms with Crippen LogP contribution in [0.2, 0.25) is 0 Å². The van der Waals surface area contributed by atoms with E-state index in [0.29, 0.717) is 0 Å². The van der Waals surface area contributed by atoms with Crippen molar-refractivity contribution in [3.63, 3.8) is 0 Å². The molecular formula is C61H56F9IO9S5. The third-order valence-electron chi connectivity index (χ3n) is 12.2. The maximum absolute atomic E-state index is 10.7. The van der Waals surface area contributed by atoms with E-state index in [-0.39, 0.29) is 43.0 Å². The molecule has 0 amide bonds. The van der Waals surface area contributed by atoms with Crippen molar-refractivity contribution in [2.75, 3.05) is 0 Å². The molecule has 0 saturated heterocycles. The lowest BCUT2D eigenvalue weighted by Gasteiger charge is -2.13. The van der Waals surface area contributed by atoms with Crippen LogP contribution in [0.15, 0.2) is 199 Å². The molecule has 8 rings (SSSR count). The van der Waals surface area contributed by atoms with Crippen molar-refractivity contribution in [2.24, 2.45) is 0 Å². The van der Waals surface area contributed by atoms with Crippen LogP contribution in [-0.2, 0) is 65.0 Å². The minimum Gasteiger partial charge on any atom is -0.741 e. The summed E-state index contributed by atoms with van der Waals surface area (Å²) in [7, 11) is -18.6. The SMILES string of the molecule is Cc1ccc([S+](c2ccc(Cc3ccc([I+]c4ccc(Cc5ccc([S+](c6ccc(C)cc6C)c6ccc(C)cc6C)cc5)cc4)cc3)cc2)c2ccc(C)cc2C)c(C)c1.O=S(=O)([O-])C(F)(F)F.O=S(=O)([O-])C(F)(F)F.O=S(=O)([O-])C(F)(F)F. The normalized spacial score (nSPS) is 12.2. The van der Waals surface area contributed by atoms with E-state index in [0.717, 1.165) is 12.8 Å². The Morgan fingerprint density at radius 1 is 0.329 bits per heavy atom. The monoisotopic (exact) mass is 1390 g/mol. The van der Waals surface area contributed by atoms with Crippen molar-refractivity contribution in [1.82, 2.24) is 0 Å². The first-order valence-electron chi connectivity index (χ1n) is 25.1. The van der Waals surface area contributed by atoms with Crippen LogP contribution in [0.1, 0.15) is 66.8 Å². The molecule has 0 spiro atoms. The zero-order valence-electron chi connectivity index (χ0n) is 46.6. The lowest BCUT2D eigenvalue weighted by Crippen LogP contribution is -3.61. The fourth-order valence-electron chi connectivity index (χ4n) is 8.27. The maximum Gasteiger partial charge on any atom is 0.485 e. The van der Waals surface area contributed by atoms with E-state index < -0.39 is 46.9 Å². The van der Waals surface area contributed by atoms with Gasteiger partial charge in [-0.2, -0.15) is 39.5 Å². The van der Waals surface area contributed by atoms with Gasteiger partial charge in [-0.05, 0) is 163 Å². The highest BCUT2D eigenvalue weighted by atomic mass is 127. The van der Waals surface area contributed by atoms with E-state index in [4.69, 9.17) is 38.9 Å². The molecular weight excluding hydrogens is 1330 g/mol. The quantitative estimate of drug-likeness (QED) is 0.0379. The van der Waals surface area contributed by atoms with Gasteiger partial charge in [-0.1, -0.05) is 119 Å². The minimum atomic E-state index is -6.09. The Morgan fingerprint density at radius 3 is 0.694 bits per heavy atom. The number of aryl methyl sites for hydroxylation is 8. The first kappa shape index (κ1) is 70.1. The van der Waals surface area contributed by atoms with E-state index in [1.807, 2.05) is 0 Å². The van der Waals surface area contributed by atoms with Crippen molar-refractivity contribution in [3.05, 3.63) is 244 Å². The molecule has 454 valence electrons. The molecule has 8 aromatic carbocycles. The van der Waals surface area contributed by atoms with Gasteiger partial charge >= 0.3 is 37.7 Å². The van der Waals surface area contributed by atoms with Crippen LogP contribution in [0.5, 0.6) is 0 Å². The van der Waals surface area contributed by atoms with Crippen molar-refractivity contribution in [3.8, 4) is 0 Å². The number of benzene rings is 8. The molecule has 0 heterocycles. The third-order valence-corrected chi connectivity index (χ3v) is 21.7. The molecule has 0 fully saturated rings. The van der Waals surface area contributed by atoms with Crippen molar-refractivity contribution in [2.45, 2.75) is 114 Å². The number of halogens is 10. The first-order chi connectivity index (χ1) is 39.2. The van der Waals surface area contributed by atoms with Crippen LogP contribution in [0.4, 0.5) is 39.5 Å². The zero-order valence-corrected chi connectivity index (χ0v) is 52.8. The average Bonchev–Trinajstić information content (AvgIpc) is 1.44. The van der Waals surface area contributed by atoms with Gasteiger partial charge in [0.1, 0.15) is 0 Å². The van der Waals surface area contributed by atoms with Gasteiger partial charge in [-0.25, -0.2) is 25.3 Å². The number of alkyl halides is 9. The van der Waals surface area contributed by atoms with Gasteiger partial charge in [-0.15, -0.1) is 0 Å². The maximum atomic E-state index is 10.7. The predicted molar refractivity (Wildman–Crippen MR) is 304 cm³/mol. The van der Waals surface area contributed by atoms with Crippen molar-refractivity contribution in [1.29, 1.82) is 0 Å². The van der Waals surface area contributed by atoms with Crippen LogP contribution >= 0.6 is 0 Å². The lowest BCUT2D eigenvalue weighted by molar-refractivity contribution is -0.597. The van der Waals surface area contributed by atoms with E-state index in [1.165, 1.54) is 103 Å².